The molecule has 0 aliphatic heterocycles. The molecule has 2 aromatic heterocycles. The molecule has 152 valence electrons. The van der Waals surface area contributed by atoms with Gasteiger partial charge in [-0.2, -0.15) is 0 Å². The molecular weight excluding hydrogens is 405 g/mol. The van der Waals surface area contributed by atoms with Gasteiger partial charge in [-0.3, -0.25) is 18.6 Å². The van der Waals surface area contributed by atoms with Crippen molar-refractivity contribution in [2.75, 3.05) is 5.32 Å². The minimum Gasteiger partial charge on any atom is -0.325 e. The van der Waals surface area contributed by atoms with Crippen molar-refractivity contribution < 1.29 is 9.18 Å². The number of benzene rings is 2. The Bertz CT molecular complexity index is 1310. The highest BCUT2D eigenvalue weighted by atomic mass is 32.2. The van der Waals surface area contributed by atoms with Gasteiger partial charge >= 0.3 is 0 Å². The number of para-hydroxylation sites is 1. The number of thioether (sulfide) groups is 1. The van der Waals surface area contributed by atoms with Crippen LogP contribution in [0.25, 0.3) is 16.7 Å². The maximum Gasteiger partial charge on any atom is 0.263 e. The molecule has 2 heterocycles. The molecule has 2 aromatic carbocycles. The molecule has 0 bridgehead atoms. The summed E-state index contributed by atoms with van der Waals surface area (Å²) in [6, 6.07) is 12.8. The molecule has 0 saturated heterocycles. The molecule has 0 aliphatic carbocycles. The second-order valence-electron chi connectivity index (χ2n) is 6.60. The van der Waals surface area contributed by atoms with Gasteiger partial charge in [0.15, 0.2) is 5.16 Å². The van der Waals surface area contributed by atoms with Crippen molar-refractivity contribution in [3.63, 3.8) is 0 Å². The Morgan fingerprint density at radius 1 is 1.23 bits per heavy atom. The van der Waals surface area contributed by atoms with Crippen molar-refractivity contribution in [1.29, 1.82) is 0 Å². The van der Waals surface area contributed by atoms with Crippen molar-refractivity contribution in [3.05, 3.63) is 77.4 Å². The fourth-order valence-corrected chi connectivity index (χ4v) is 3.95. The molecule has 0 saturated carbocycles. The summed E-state index contributed by atoms with van der Waals surface area (Å²) < 4.78 is 16.3. The molecule has 1 atom stereocenters. The Labute approximate surface area is 175 Å². The van der Waals surface area contributed by atoms with Crippen LogP contribution in [0.3, 0.4) is 0 Å². The van der Waals surface area contributed by atoms with Gasteiger partial charge in [-0.1, -0.05) is 30.0 Å². The molecular formula is C21H18FN5O2S. The molecule has 0 radical (unpaired) electrons. The molecule has 0 aliphatic rings. The van der Waals surface area contributed by atoms with Gasteiger partial charge in [-0.25, -0.2) is 4.39 Å². The molecule has 0 fully saturated rings. The maximum absolute atomic E-state index is 13.1. The molecule has 1 N–H and O–H groups in total. The average Bonchev–Trinajstić information content (AvgIpc) is 3.16. The van der Waals surface area contributed by atoms with Crippen molar-refractivity contribution in [1.82, 2.24) is 19.2 Å². The summed E-state index contributed by atoms with van der Waals surface area (Å²) in [5, 5.41) is 11.7. The van der Waals surface area contributed by atoms with Crippen LogP contribution in [-0.2, 0) is 11.3 Å². The number of hydrogen-bond donors (Lipinski definition) is 1. The van der Waals surface area contributed by atoms with Crippen molar-refractivity contribution in [2.45, 2.75) is 23.9 Å². The molecule has 1 amide bonds. The van der Waals surface area contributed by atoms with Crippen molar-refractivity contribution >= 4 is 40.0 Å². The Morgan fingerprint density at radius 3 is 2.70 bits per heavy atom. The molecule has 4 aromatic rings. The number of carbonyl (C=O) groups is 1. The van der Waals surface area contributed by atoms with E-state index < -0.39 is 5.25 Å². The number of hydrogen-bond acceptors (Lipinski definition) is 5. The first-order valence-electron chi connectivity index (χ1n) is 9.20. The van der Waals surface area contributed by atoms with Gasteiger partial charge in [-0.05, 0) is 43.3 Å². The van der Waals surface area contributed by atoms with E-state index in [2.05, 4.69) is 22.1 Å². The van der Waals surface area contributed by atoms with Gasteiger partial charge in [0, 0.05) is 12.2 Å². The third kappa shape index (κ3) is 3.59. The van der Waals surface area contributed by atoms with E-state index in [4.69, 9.17) is 0 Å². The van der Waals surface area contributed by atoms with E-state index in [1.165, 1.54) is 40.6 Å². The van der Waals surface area contributed by atoms with Gasteiger partial charge < -0.3 is 5.32 Å². The molecule has 1 unspecified atom stereocenters. The monoisotopic (exact) mass is 423 g/mol. The first-order chi connectivity index (χ1) is 14.5. The van der Waals surface area contributed by atoms with E-state index in [1.54, 1.807) is 29.5 Å². The normalized spacial score (nSPS) is 12.2. The van der Waals surface area contributed by atoms with Crippen LogP contribution in [-0.4, -0.2) is 30.3 Å². The highest BCUT2D eigenvalue weighted by Gasteiger charge is 2.21. The van der Waals surface area contributed by atoms with E-state index in [-0.39, 0.29) is 23.8 Å². The SMILES string of the molecule is C=CCn1c(=O)c2ccccc2n2c(SC(C)C(=O)Nc3ccc(F)cc3)nnc12. The van der Waals surface area contributed by atoms with Crippen LogP contribution < -0.4 is 10.9 Å². The zero-order valence-electron chi connectivity index (χ0n) is 16.1. The highest BCUT2D eigenvalue weighted by Crippen LogP contribution is 2.26. The topological polar surface area (TPSA) is 81.3 Å². The number of fused-ring (bicyclic) bond motifs is 3. The summed E-state index contributed by atoms with van der Waals surface area (Å²) in [5.41, 5.74) is 0.991. The van der Waals surface area contributed by atoms with Crippen molar-refractivity contribution in [2.24, 2.45) is 0 Å². The Morgan fingerprint density at radius 2 is 1.97 bits per heavy atom. The lowest BCUT2D eigenvalue weighted by molar-refractivity contribution is -0.115. The largest absolute Gasteiger partial charge is 0.325 e. The zero-order chi connectivity index (χ0) is 21.3. The smallest absolute Gasteiger partial charge is 0.263 e. The number of aromatic nitrogens is 4. The van der Waals surface area contributed by atoms with Crippen LogP contribution in [0, 0.1) is 5.82 Å². The third-order valence-corrected chi connectivity index (χ3v) is 5.60. The Hall–Kier alpha value is -3.46. The summed E-state index contributed by atoms with van der Waals surface area (Å²) in [7, 11) is 0. The zero-order valence-corrected chi connectivity index (χ0v) is 16.9. The first kappa shape index (κ1) is 19.8. The summed E-state index contributed by atoms with van der Waals surface area (Å²) >= 11 is 1.22. The summed E-state index contributed by atoms with van der Waals surface area (Å²) in [6.07, 6.45) is 1.62. The highest BCUT2D eigenvalue weighted by molar-refractivity contribution is 8.00. The van der Waals surface area contributed by atoms with E-state index in [0.29, 0.717) is 27.5 Å². The van der Waals surface area contributed by atoms with Crippen LogP contribution in [0.5, 0.6) is 0 Å². The standard InChI is InChI=1S/C21H18FN5O2S/c1-3-12-26-19(29)16-6-4-5-7-17(16)27-20(26)24-25-21(27)30-13(2)18(28)23-15-10-8-14(22)9-11-15/h3-11,13H,1,12H2,2H3,(H,23,28). The number of anilines is 1. The molecule has 4 rings (SSSR count). The van der Waals surface area contributed by atoms with Gasteiger partial charge in [0.2, 0.25) is 11.7 Å². The minimum atomic E-state index is -0.513. The number of allylic oxidation sites excluding steroid dienone is 1. The molecule has 0 spiro atoms. The first-order valence-corrected chi connectivity index (χ1v) is 10.1. The van der Waals surface area contributed by atoms with Crippen LogP contribution >= 0.6 is 11.8 Å². The van der Waals surface area contributed by atoms with Gasteiger partial charge in [0.05, 0.1) is 16.2 Å². The van der Waals surface area contributed by atoms with Crippen LogP contribution in [0.15, 0.2) is 71.1 Å². The number of amides is 1. The number of halogens is 1. The predicted molar refractivity (Wildman–Crippen MR) is 115 cm³/mol. The van der Waals surface area contributed by atoms with E-state index >= 15 is 0 Å². The lowest BCUT2D eigenvalue weighted by Gasteiger charge is -2.13. The van der Waals surface area contributed by atoms with E-state index in [0.717, 1.165) is 0 Å². The fourth-order valence-electron chi connectivity index (χ4n) is 3.09. The minimum absolute atomic E-state index is 0.177. The summed E-state index contributed by atoms with van der Waals surface area (Å²) in [4.78, 5) is 25.4. The molecule has 9 heteroatoms. The number of rotatable bonds is 6. The van der Waals surface area contributed by atoms with Gasteiger partial charge in [0.1, 0.15) is 5.82 Å². The summed E-state index contributed by atoms with van der Waals surface area (Å²) in [6.45, 7) is 5.74. The maximum atomic E-state index is 13.1. The van der Waals surface area contributed by atoms with Crippen LogP contribution in [0.4, 0.5) is 10.1 Å². The third-order valence-electron chi connectivity index (χ3n) is 4.55. The Balaban J connectivity index is 1.71. The Kier molecular flexibility index (Phi) is 5.37. The van der Waals surface area contributed by atoms with Crippen molar-refractivity contribution in [3.8, 4) is 0 Å². The molecule has 7 nitrogen and oxygen atoms in total. The number of nitrogens with one attached hydrogen (secondary N) is 1. The second-order valence-corrected chi connectivity index (χ2v) is 7.90. The van der Waals surface area contributed by atoms with Crippen LogP contribution in [0.2, 0.25) is 0 Å². The summed E-state index contributed by atoms with van der Waals surface area (Å²) in [5.74, 6) is -0.248. The van der Waals surface area contributed by atoms with Gasteiger partial charge in [0.25, 0.3) is 5.56 Å². The van der Waals surface area contributed by atoms with Gasteiger partial charge in [-0.15, -0.1) is 16.8 Å². The van der Waals surface area contributed by atoms with Crippen LogP contribution in [0.1, 0.15) is 6.92 Å². The quantitative estimate of drug-likeness (QED) is 0.379. The molecule has 30 heavy (non-hydrogen) atoms. The number of carbonyl (C=O) groups excluding carboxylic acids is 1. The van der Waals surface area contributed by atoms with E-state index in [9.17, 15) is 14.0 Å². The average molecular weight is 423 g/mol. The lowest BCUT2D eigenvalue weighted by atomic mass is 10.2. The fraction of sp³-hybridized carbons (Fsp3) is 0.143. The predicted octanol–water partition coefficient (Wildman–Crippen LogP) is 3.49. The lowest BCUT2D eigenvalue weighted by Crippen LogP contribution is -2.24. The second kappa shape index (κ2) is 8.11. The number of nitrogens with zero attached hydrogens (tertiary/aromatic N) is 4. The van der Waals surface area contributed by atoms with E-state index in [1.807, 2.05) is 12.1 Å².